The van der Waals surface area contributed by atoms with Crippen LogP contribution in [0, 0.1) is 0 Å². The molecule has 0 aromatic heterocycles. The van der Waals surface area contributed by atoms with Crippen molar-refractivity contribution in [2.45, 2.75) is 65.8 Å². The summed E-state index contributed by atoms with van der Waals surface area (Å²) in [7, 11) is 0. The maximum Gasteiger partial charge on any atom is 0.0724 e. The molecule has 1 aromatic carbocycles. The molecule has 0 radical (unpaired) electrons. The number of ether oxygens (including phenoxy) is 1. The molecule has 0 aliphatic rings. The van der Waals surface area contributed by atoms with Gasteiger partial charge in [-0.1, -0.05) is 24.3 Å². The van der Waals surface area contributed by atoms with Crippen molar-refractivity contribution in [2.24, 2.45) is 0 Å². The second-order valence-corrected chi connectivity index (χ2v) is 6.82. The molecule has 18 heavy (non-hydrogen) atoms. The molecule has 0 heterocycles. The number of hydrogen-bond donors (Lipinski definition) is 1. The van der Waals surface area contributed by atoms with E-state index in [0.717, 1.165) is 6.54 Å². The Bertz CT molecular complexity index is 317. The highest BCUT2D eigenvalue weighted by atomic mass is 16.5. The Labute approximate surface area is 112 Å². The zero-order valence-corrected chi connectivity index (χ0v) is 12.6. The van der Waals surface area contributed by atoms with Gasteiger partial charge < -0.3 is 10.1 Å². The van der Waals surface area contributed by atoms with E-state index in [2.05, 4.69) is 71.1 Å². The Morgan fingerprint density at radius 2 is 1.39 bits per heavy atom. The predicted octanol–water partition coefficient (Wildman–Crippen LogP) is 3.89. The molecule has 0 aliphatic carbocycles. The summed E-state index contributed by atoms with van der Waals surface area (Å²) in [6.45, 7) is 14.4. The highest BCUT2D eigenvalue weighted by Crippen LogP contribution is 2.13. The molecule has 1 N–H and O–H groups in total. The Kier molecular flexibility index (Phi) is 4.94. The van der Waals surface area contributed by atoms with Crippen LogP contribution >= 0.6 is 0 Å². The molecule has 0 bridgehead atoms. The van der Waals surface area contributed by atoms with Gasteiger partial charge in [0.1, 0.15) is 0 Å². The van der Waals surface area contributed by atoms with Gasteiger partial charge in [-0.05, 0) is 52.7 Å². The van der Waals surface area contributed by atoms with Gasteiger partial charge in [0.05, 0.1) is 12.2 Å². The molecular weight excluding hydrogens is 222 g/mol. The van der Waals surface area contributed by atoms with Gasteiger partial charge in [0.2, 0.25) is 0 Å². The largest absolute Gasteiger partial charge is 0.371 e. The topological polar surface area (TPSA) is 21.3 Å². The number of nitrogens with one attached hydrogen (secondary N) is 1. The number of hydrogen-bond acceptors (Lipinski definition) is 2. The van der Waals surface area contributed by atoms with Crippen molar-refractivity contribution in [1.82, 2.24) is 5.32 Å². The lowest BCUT2D eigenvalue weighted by Crippen LogP contribution is -2.35. The minimum Gasteiger partial charge on any atom is -0.371 e. The van der Waals surface area contributed by atoms with Crippen LogP contribution in [-0.2, 0) is 17.9 Å². The van der Waals surface area contributed by atoms with Crippen molar-refractivity contribution in [3.63, 3.8) is 0 Å². The highest BCUT2D eigenvalue weighted by Gasteiger charge is 2.10. The van der Waals surface area contributed by atoms with E-state index in [-0.39, 0.29) is 11.1 Å². The third kappa shape index (κ3) is 6.77. The summed E-state index contributed by atoms with van der Waals surface area (Å²) in [5.74, 6) is 0. The van der Waals surface area contributed by atoms with Crippen LogP contribution in [0.3, 0.4) is 0 Å². The molecule has 0 fully saturated rings. The smallest absolute Gasteiger partial charge is 0.0724 e. The summed E-state index contributed by atoms with van der Waals surface area (Å²) in [5, 5.41) is 3.48. The number of benzene rings is 1. The van der Waals surface area contributed by atoms with Gasteiger partial charge >= 0.3 is 0 Å². The van der Waals surface area contributed by atoms with Crippen molar-refractivity contribution in [1.29, 1.82) is 0 Å². The Balaban J connectivity index is 2.48. The summed E-state index contributed by atoms with van der Waals surface area (Å²) >= 11 is 0. The SMILES string of the molecule is CC(C)(C)NCc1ccc(COC(C)(C)C)cc1. The molecule has 1 rings (SSSR count). The van der Waals surface area contributed by atoms with Crippen LogP contribution in [0.2, 0.25) is 0 Å². The Morgan fingerprint density at radius 1 is 0.889 bits per heavy atom. The maximum absolute atomic E-state index is 5.75. The molecule has 0 saturated carbocycles. The summed E-state index contributed by atoms with van der Waals surface area (Å²) in [6.07, 6.45) is 0. The monoisotopic (exact) mass is 249 g/mol. The van der Waals surface area contributed by atoms with E-state index in [1.54, 1.807) is 0 Å². The molecule has 1 aromatic rings. The fourth-order valence-corrected chi connectivity index (χ4v) is 1.42. The molecule has 0 atom stereocenters. The van der Waals surface area contributed by atoms with Crippen LogP contribution in [0.15, 0.2) is 24.3 Å². The second kappa shape index (κ2) is 5.85. The van der Waals surface area contributed by atoms with Gasteiger partial charge in [-0.15, -0.1) is 0 Å². The van der Waals surface area contributed by atoms with Crippen LogP contribution < -0.4 is 5.32 Å². The molecule has 2 nitrogen and oxygen atoms in total. The average Bonchev–Trinajstić information content (AvgIpc) is 2.23. The maximum atomic E-state index is 5.75. The summed E-state index contributed by atoms with van der Waals surface area (Å²) in [4.78, 5) is 0. The van der Waals surface area contributed by atoms with Crippen molar-refractivity contribution in [3.05, 3.63) is 35.4 Å². The Hall–Kier alpha value is -0.860. The second-order valence-electron chi connectivity index (χ2n) is 6.82. The lowest BCUT2D eigenvalue weighted by Gasteiger charge is -2.21. The molecule has 0 amide bonds. The van der Waals surface area contributed by atoms with Gasteiger partial charge in [0.25, 0.3) is 0 Å². The van der Waals surface area contributed by atoms with Crippen molar-refractivity contribution >= 4 is 0 Å². The van der Waals surface area contributed by atoms with Crippen molar-refractivity contribution in [2.75, 3.05) is 0 Å². The Morgan fingerprint density at radius 3 is 1.83 bits per heavy atom. The molecule has 0 unspecified atom stereocenters. The summed E-state index contributed by atoms with van der Waals surface area (Å²) in [6, 6.07) is 8.62. The van der Waals surface area contributed by atoms with E-state index >= 15 is 0 Å². The first-order chi connectivity index (χ1) is 8.16. The van der Waals surface area contributed by atoms with Crippen molar-refractivity contribution in [3.8, 4) is 0 Å². The summed E-state index contributed by atoms with van der Waals surface area (Å²) < 4.78 is 5.75. The highest BCUT2D eigenvalue weighted by molar-refractivity contribution is 5.22. The minimum atomic E-state index is -0.0769. The minimum absolute atomic E-state index is 0.0769. The average molecular weight is 249 g/mol. The molecular formula is C16H27NO. The third-order valence-corrected chi connectivity index (χ3v) is 2.52. The van der Waals surface area contributed by atoms with E-state index in [1.165, 1.54) is 11.1 Å². The molecule has 0 saturated heterocycles. The van der Waals surface area contributed by atoms with E-state index in [1.807, 2.05) is 0 Å². The lowest BCUT2D eigenvalue weighted by molar-refractivity contribution is -0.0149. The summed E-state index contributed by atoms with van der Waals surface area (Å²) in [5.41, 5.74) is 2.62. The standard InChI is InChI=1S/C16H27NO/c1-15(2,3)17-11-13-7-9-14(10-8-13)12-18-16(4,5)6/h7-10,17H,11-12H2,1-6H3. The fraction of sp³-hybridized carbons (Fsp3) is 0.625. The van der Waals surface area contributed by atoms with Crippen LogP contribution in [0.5, 0.6) is 0 Å². The molecule has 102 valence electrons. The van der Waals surface area contributed by atoms with E-state index in [0.29, 0.717) is 6.61 Å². The van der Waals surface area contributed by atoms with Crippen LogP contribution in [0.25, 0.3) is 0 Å². The fourth-order valence-electron chi connectivity index (χ4n) is 1.42. The van der Waals surface area contributed by atoms with Gasteiger partial charge in [-0.3, -0.25) is 0 Å². The van der Waals surface area contributed by atoms with Crippen LogP contribution in [0.4, 0.5) is 0 Å². The van der Waals surface area contributed by atoms with Crippen LogP contribution in [0.1, 0.15) is 52.7 Å². The first-order valence-corrected chi connectivity index (χ1v) is 6.62. The van der Waals surface area contributed by atoms with Gasteiger partial charge in [-0.2, -0.15) is 0 Å². The zero-order valence-electron chi connectivity index (χ0n) is 12.6. The van der Waals surface area contributed by atoms with Crippen molar-refractivity contribution < 1.29 is 4.74 Å². The third-order valence-electron chi connectivity index (χ3n) is 2.52. The zero-order chi connectivity index (χ0) is 13.8. The first kappa shape index (κ1) is 15.2. The van der Waals surface area contributed by atoms with Gasteiger partial charge in [-0.25, -0.2) is 0 Å². The quantitative estimate of drug-likeness (QED) is 0.874. The molecule has 2 heteroatoms. The first-order valence-electron chi connectivity index (χ1n) is 6.62. The number of rotatable bonds is 4. The normalized spacial score (nSPS) is 12.8. The predicted molar refractivity (Wildman–Crippen MR) is 77.6 cm³/mol. The van der Waals surface area contributed by atoms with Gasteiger partial charge in [0.15, 0.2) is 0 Å². The van der Waals surface area contributed by atoms with Gasteiger partial charge in [0, 0.05) is 12.1 Å². The van der Waals surface area contributed by atoms with E-state index < -0.39 is 0 Å². The van der Waals surface area contributed by atoms with E-state index in [9.17, 15) is 0 Å². The van der Waals surface area contributed by atoms with Crippen LogP contribution in [-0.4, -0.2) is 11.1 Å². The molecule has 0 spiro atoms. The lowest BCUT2D eigenvalue weighted by atomic mass is 10.1. The van der Waals surface area contributed by atoms with E-state index in [4.69, 9.17) is 4.74 Å². The molecule has 0 aliphatic heterocycles.